The van der Waals surface area contributed by atoms with Crippen LogP contribution in [-0.2, 0) is 38.5 Å². The summed E-state index contributed by atoms with van der Waals surface area (Å²) in [4.78, 5) is 12.1. The molecular weight excluding hydrogens is 715 g/mol. The van der Waals surface area contributed by atoms with E-state index in [1.54, 1.807) is 12.1 Å². The molecule has 9 nitrogen and oxygen atoms in total. The SMILES string of the molecule is CC#CCC(C)[C@@H](/C=C/[C@@H]1[C@H]2C/C(=C\CCCC(=O)OC)C[C@@]2(CCCCCNS(=O)(=O)c2ccc(C)cc2)C[C@H]1OC1CCCCO1)OC1CCCCO1. The van der Waals surface area contributed by atoms with Crippen LogP contribution in [0, 0.1) is 41.9 Å². The van der Waals surface area contributed by atoms with E-state index in [1.807, 2.05) is 26.0 Å². The van der Waals surface area contributed by atoms with Crippen LogP contribution in [0.15, 0.2) is 53.0 Å². The second-order valence-corrected chi connectivity index (χ2v) is 18.1. The molecular formula is C45H67NO8S. The predicted octanol–water partition coefficient (Wildman–Crippen LogP) is 8.95. The number of carbonyl (C=O) groups excluding carboxylic acids is 1. The highest BCUT2D eigenvalue weighted by Crippen LogP contribution is 2.62. The van der Waals surface area contributed by atoms with Crippen molar-refractivity contribution in [1.29, 1.82) is 0 Å². The minimum Gasteiger partial charge on any atom is -0.469 e. The number of aryl methyl sites for hydroxylation is 1. The summed E-state index contributed by atoms with van der Waals surface area (Å²) in [7, 11) is -2.09. The van der Waals surface area contributed by atoms with Crippen LogP contribution in [0.4, 0.5) is 0 Å². The van der Waals surface area contributed by atoms with E-state index in [1.165, 1.54) is 12.7 Å². The van der Waals surface area contributed by atoms with Gasteiger partial charge in [-0.05, 0) is 127 Å². The quantitative estimate of drug-likeness (QED) is 0.0605. The normalized spacial score (nSPS) is 28.8. The number of methoxy groups -OCH3 is 1. The largest absolute Gasteiger partial charge is 0.469 e. The van der Waals surface area contributed by atoms with Gasteiger partial charge in [0.25, 0.3) is 0 Å². The molecule has 55 heavy (non-hydrogen) atoms. The minimum atomic E-state index is -3.53. The summed E-state index contributed by atoms with van der Waals surface area (Å²) in [5.74, 6) is 6.97. The van der Waals surface area contributed by atoms with Gasteiger partial charge in [0.2, 0.25) is 10.0 Å². The van der Waals surface area contributed by atoms with Gasteiger partial charge in [-0.1, -0.05) is 61.3 Å². The first-order chi connectivity index (χ1) is 26.6. The zero-order valence-corrected chi connectivity index (χ0v) is 34.7. The monoisotopic (exact) mass is 781 g/mol. The highest BCUT2D eigenvalue weighted by Gasteiger charge is 2.56. The second-order valence-electron chi connectivity index (χ2n) is 16.3. The Kier molecular flexibility index (Phi) is 17.3. The number of benzene rings is 1. The van der Waals surface area contributed by atoms with Crippen molar-refractivity contribution in [1.82, 2.24) is 4.72 Å². The van der Waals surface area contributed by atoms with Crippen LogP contribution in [0.5, 0.6) is 0 Å². The molecule has 4 fully saturated rings. The Bertz CT molecular complexity index is 1570. The first-order valence-corrected chi connectivity index (χ1v) is 22.5. The fraction of sp³-hybridized carbons (Fsp3) is 0.711. The van der Waals surface area contributed by atoms with Crippen LogP contribution in [-0.4, -0.2) is 66.0 Å². The van der Waals surface area contributed by atoms with Gasteiger partial charge < -0.3 is 23.7 Å². The molecule has 4 aliphatic rings. The number of nitrogens with one attached hydrogen (secondary N) is 1. The van der Waals surface area contributed by atoms with E-state index in [9.17, 15) is 13.2 Å². The number of carbonyl (C=O) groups is 1. The van der Waals surface area contributed by atoms with Gasteiger partial charge in [-0.25, -0.2) is 13.1 Å². The summed E-state index contributed by atoms with van der Waals surface area (Å²) in [6.07, 6.45) is 22.4. The standard InChI is InChI=1S/C45H67NO8S/c1-5-6-16-35(3)40(53-43-19-10-14-29-51-43)26-25-38-39-31-36(17-8-9-18-42(47)50-4)32-45(39,33-41(38)54-44-20-11-15-30-52-44)27-12-7-13-28-46-55(48,49)37-23-21-34(2)22-24-37/h17,21-26,35,38-41,43-44,46H,7-16,18-20,27-33H2,1-4H3/b26-25+,36-17+/t35?,38-,39-,40-,41-,43?,44?,45+/m1/s1. The van der Waals surface area contributed by atoms with E-state index in [2.05, 4.69) is 41.7 Å². The van der Waals surface area contributed by atoms with E-state index < -0.39 is 10.0 Å². The molecule has 8 atom stereocenters. The van der Waals surface area contributed by atoms with Gasteiger partial charge in [0, 0.05) is 38.5 Å². The Labute approximate surface area is 331 Å². The molecule has 0 radical (unpaired) electrons. The number of esters is 1. The molecule has 306 valence electrons. The number of allylic oxidation sites excluding steroid dienone is 2. The van der Waals surface area contributed by atoms with E-state index >= 15 is 0 Å². The zero-order chi connectivity index (χ0) is 39.1. The predicted molar refractivity (Wildman–Crippen MR) is 215 cm³/mol. The van der Waals surface area contributed by atoms with Crippen LogP contribution in [0.2, 0.25) is 0 Å². The molecule has 5 rings (SSSR count). The van der Waals surface area contributed by atoms with Crippen LogP contribution in [0.1, 0.15) is 129 Å². The van der Waals surface area contributed by atoms with Gasteiger partial charge in [0.05, 0.1) is 24.2 Å². The molecule has 1 N–H and O–H groups in total. The molecule has 2 saturated carbocycles. The fourth-order valence-corrected chi connectivity index (χ4v) is 10.2. The topological polar surface area (TPSA) is 109 Å². The van der Waals surface area contributed by atoms with Crippen molar-refractivity contribution >= 4 is 16.0 Å². The van der Waals surface area contributed by atoms with Crippen LogP contribution in [0.25, 0.3) is 0 Å². The Balaban J connectivity index is 1.33. The number of rotatable bonds is 20. The first kappa shape index (κ1) is 43.6. The van der Waals surface area contributed by atoms with Gasteiger partial charge in [-0.2, -0.15) is 0 Å². The second kappa shape index (κ2) is 21.9. The van der Waals surface area contributed by atoms with Crippen molar-refractivity contribution < 1.29 is 36.9 Å². The summed E-state index contributed by atoms with van der Waals surface area (Å²) in [5, 5.41) is 0. The lowest BCUT2D eigenvalue weighted by Gasteiger charge is -2.31. The van der Waals surface area contributed by atoms with Crippen molar-refractivity contribution in [3.8, 4) is 11.8 Å². The fourth-order valence-electron chi connectivity index (χ4n) is 9.08. The highest BCUT2D eigenvalue weighted by molar-refractivity contribution is 7.89. The Hall–Kier alpha value is -2.52. The molecule has 2 saturated heterocycles. The summed E-state index contributed by atoms with van der Waals surface area (Å²) in [5.41, 5.74) is 2.57. The summed E-state index contributed by atoms with van der Waals surface area (Å²) >= 11 is 0. The maximum absolute atomic E-state index is 12.9. The third-order valence-corrected chi connectivity index (χ3v) is 13.6. The van der Waals surface area contributed by atoms with Crippen molar-refractivity contribution in [2.75, 3.05) is 26.9 Å². The molecule has 0 aromatic heterocycles. The smallest absolute Gasteiger partial charge is 0.305 e. The Morgan fingerprint density at radius 2 is 1.78 bits per heavy atom. The third kappa shape index (κ3) is 13.0. The maximum atomic E-state index is 12.9. The van der Waals surface area contributed by atoms with E-state index in [-0.39, 0.29) is 48.0 Å². The number of hydrogen-bond acceptors (Lipinski definition) is 8. The molecule has 10 heteroatoms. The Morgan fingerprint density at radius 3 is 2.47 bits per heavy atom. The zero-order valence-electron chi connectivity index (χ0n) is 33.9. The van der Waals surface area contributed by atoms with E-state index in [4.69, 9.17) is 23.7 Å². The van der Waals surface area contributed by atoms with Gasteiger partial charge in [0.1, 0.15) is 0 Å². The minimum absolute atomic E-state index is 0.0314. The van der Waals surface area contributed by atoms with Gasteiger partial charge in [0.15, 0.2) is 12.6 Å². The van der Waals surface area contributed by atoms with E-state index in [0.717, 1.165) is 122 Å². The average molecular weight is 782 g/mol. The molecule has 0 spiro atoms. The number of hydrogen-bond donors (Lipinski definition) is 1. The lowest BCUT2D eigenvalue weighted by atomic mass is 9.74. The summed E-state index contributed by atoms with van der Waals surface area (Å²) < 4.78 is 59.2. The molecule has 2 aliphatic heterocycles. The highest BCUT2D eigenvalue weighted by atomic mass is 32.2. The third-order valence-electron chi connectivity index (χ3n) is 12.2. The van der Waals surface area contributed by atoms with Gasteiger partial charge in [-0.15, -0.1) is 11.8 Å². The molecule has 0 bridgehead atoms. The molecule has 1 aromatic carbocycles. The lowest BCUT2D eigenvalue weighted by Crippen LogP contribution is -2.32. The molecule has 1 aromatic rings. The van der Waals surface area contributed by atoms with Crippen LogP contribution >= 0.6 is 0 Å². The molecule has 0 amide bonds. The lowest BCUT2D eigenvalue weighted by molar-refractivity contribution is -0.193. The number of ether oxygens (including phenoxy) is 5. The molecule has 2 aliphatic carbocycles. The molecule has 2 heterocycles. The van der Waals surface area contributed by atoms with Crippen LogP contribution in [0.3, 0.4) is 0 Å². The van der Waals surface area contributed by atoms with Crippen molar-refractivity contribution in [2.45, 2.75) is 160 Å². The summed E-state index contributed by atoms with van der Waals surface area (Å²) in [6, 6.07) is 6.99. The first-order valence-electron chi connectivity index (χ1n) is 21.1. The Morgan fingerprint density at radius 1 is 1.04 bits per heavy atom. The van der Waals surface area contributed by atoms with Gasteiger partial charge in [-0.3, -0.25) is 4.79 Å². The number of fused-ring (bicyclic) bond motifs is 1. The van der Waals surface area contributed by atoms with E-state index in [0.29, 0.717) is 23.8 Å². The maximum Gasteiger partial charge on any atom is 0.305 e. The van der Waals surface area contributed by atoms with Gasteiger partial charge >= 0.3 is 5.97 Å². The van der Waals surface area contributed by atoms with Crippen LogP contribution < -0.4 is 4.72 Å². The van der Waals surface area contributed by atoms with Crippen molar-refractivity contribution in [3.63, 3.8) is 0 Å². The number of unbranched alkanes of at least 4 members (excludes halogenated alkanes) is 3. The number of sulfonamides is 1. The molecule has 3 unspecified atom stereocenters. The average Bonchev–Trinajstić information content (AvgIpc) is 3.67. The summed E-state index contributed by atoms with van der Waals surface area (Å²) in [6.45, 7) is 7.96. The van der Waals surface area contributed by atoms with Crippen molar-refractivity contribution in [2.24, 2.45) is 23.2 Å². The van der Waals surface area contributed by atoms with Crippen molar-refractivity contribution in [3.05, 3.63) is 53.6 Å².